The molecule has 2 rings (SSSR count). The van der Waals surface area contributed by atoms with Crippen LogP contribution in [0.1, 0.15) is 36.7 Å². The van der Waals surface area contributed by atoms with E-state index in [9.17, 15) is 13.5 Å². The number of benzene rings is 1. The normalized spacial score (nSPS) is 12.0. The lowest BCUT2D eigenvalue weighted by Gasteiger charge is -2.08. The van der Waals surface area contributed by atoms with Gasteiger partial charge in [0.25, 0.3) is 10.0 Å². The highest BCUT2D eigenvalue weighted by Gasteiger charge is 2.18. The van der Waals surface area contributed by atoms with E-state index in [0.29, 0.717) is 11.4 Å². The molecule has 3 N–H and O–H groups in total. The lowest BCUT2D eigenvalue weighted by molar-refractivity contribution is 0.280. The Labute approximate surface area is 124 Å². The largest absolute Gasteiger partial charge is 0.392 e. The average molecular weight is 309 g/mol. The van der Waals surface area contributed by atoms with Gasteiger partial charge < -0.3 is 10.1 Å². The number of aliphatic hydroxyl groups is 1. The van der Waals surface area contributed by atoms with Crippen molar-refractivity contribution in [1.82, 2.24) is 14.7 Å². The first-order valence-electron chi connectivity index (χ1n) is 6.66. The van der Waals surface area contributed by atoms with Crippen LogP contribution in [0.4, 0.5) is 0 Å². The van der Waals surface area contributed by atoms with Crippen LogP contribution in [0.25, 0.3) is 0 Å². The highest BCUT2D eigenvalue weighted by atomic mass is 32.2. The molecule has 0 aliphatic rings. The predicted molar refractivity (Wildman–Crippen MR) is 79.1 cm³/mol. The molecule has 0 bridgehead atoms. The molecule has 1 aromatic carbocycles. The van der Waals surface area contributed by atoms with Crippen molar-refractivity contribution in [2.75, 3.05) is 0 Å². The van der Waals surface area contributed by atoms with E-state index in [2.05, 4.69) is 14.7 Å². The van der Waals surface area contributed by atoms with E-state index in [-0.39, 0.29) is 24.1 Å². The summed E-state index contributed by atoms with van der Waals surface area (Å²) in [6, 6.07) is 7.14. The van der Waals surface area contributed by atoms with E-state index in [0.717, 1.165) is 5.56 Å². The topological polar surface area (TPSA) is 95.1 Å². The summed E-state index contributed by atoms with van der Waals surface area (Å²) in [5, 5.41) is 9.28. The second-order valence-electron chi connectivity index (χ2n) is 5.04. The average Bonchev–Trinajstić information content (AvgIpc) is 2.96. The second kappa shape index (κ2) is 6.38. The molecule has 21 heavy (non-hydrogen) atoms. The Balaban J connectivity index is 2.14. The molecule has 0 unspecified atom stereocenters. The molecule has 0 saturated carbocycles. The fourth-order valence-electron chi connectivity index (χ4n) is 1.88. The quantitative estimate of drug-likeness (QED) is 0.753. The Morgan fingerprint density at radius 1 is 1.29 bits per heavy atom. The Morgan fingerprint density at radius 2 is 1.95 bits per heavy atom. The number of nitrogens with zero attached hydrogens (tertiary/aromatic N) is 1. The molecule has 1 aromatic heterocycles. The summed E-state index contributed by atoms with van der Waals surface area (Å²) in [6.07, 6.45) is 1.32. The maximum atomic E-state index is 12.2. The first kappa shape index (κ1) is 15.7. The van der Waals surface area contributed by atoms with Gasteiger partial charge in [-0.05, 0) is 11.1 Å². The molecule has 114 valence electrons. The standard InChI is InChI=1S/C14H19N3O3S/c1-10(2)14-15-8-13(17-14)21(19,20)16-7-11-5-3-4-6-12(11)9-18/h3-6,8,10,16,18H,7,9H2,1-2H3,(H,15,17). The van der Waals surface area contributed by atoms with Crippen LogP contribution in [0, 0.1) is 0 Å². The minimum absolute atomic E-state index is 0.0488. The van der Waals surface area contributed by atoms with Gasteiger partial charge in [0.2, 0.25) is 0 Å². The zero-order valence-corrected chi connectivity index (χ0v) is 12.8. The van der Waals surface area contributed by atoms with Gasteiger partial charge in [0, 0.05) is 12.5 Å². The summed E-state index contributed by atoms with van der Waals surface area (Å²) in [5.74, 6) is 0.759. The number of H-pyrrole nitrogens is 1. The van der Waals surface area contributed by atoms with Crippen molar-refractivity contribution in [3.8, 4) is 0 Å². The van der Waals surface area contributed by atoms with Crippen LogP contribution < -0.4 is 4.72 Å². The highest BCUT2D eigenvalue weighted by Crippen LogP contribution is 2.14. The molecule has 0 atom stereocenters. The molecule has 2 aromatic rings. The third-order valence-electron chi connectivity index (χ3n) is 3.15. The lowest BCUT2D eigenvalue weighted by Crippen LogP contribution is -2.24. The van der Waals surface area contributed by atoms with Crippen LogP contribution in [0.5, 0.6) is 0 Å². The number of imidazole rings is 1. The number of hydrogen-bond acceptors (Lipinski definition) is 4. The molecule has 0 spiro atoms. The Morgan fingerprint density at radius 3 is 2.52 bits per heavy atom. The van der Waals surface area contributed by atoms with E-state index in [4.69, 9.17) is 0 Å². The first-order chi connectivity index (χ1) is 9.94. The molecule has 0 aliphatic carbocycles. The van der Waals surface area contributed by atoms with E-state index in [1.165, 1.54) is 6.20 Å². The number of aliphatic hydroxyl groups excluding tert-OH is 1. The van der Waals surface area contributed by atoms with Crippen LogP contribution in [-0.2, 0) is 23.2 Å². The number of aromatic amines is 1. The number of nitrogens with one attached hydrogen (secondary N) is 2. The van der Waals surface area contributed by atoms with Gasteiger partial charge in [-0.2, -0.15) is 0 Å². The van der Waals surface area contributed by atoms with Gasteiger partial charge in [-0.15, -0.1) is 0 Å². The minimum atomic E-state index is -3.65. The monoisotopic (exact) mass is 309 g/mol. The van der Waals surface area contributed by atoms with Crippen molar-refractivity contribution < 1.29 is 13.5 Å². The molecular weight excluding hydrogens is 290 g/mol. The van der Waals surface area contributed by atoms with Crippen molar-refractivity contribution in [1.29, 1.82) is 0 Å². The van der Waals surface area contributed by atoms with Gasteiger partial charge >= 0.3 is 0 Å². The first-order valence-corrected chi connectivity index (χ1v) is 8.14. The SMILES string of the molecule is CC(C)c1ncc(S(=O)(=O)NCc2ccccc2CO)[nH]1. The summed E-state index contributed by atoms with van der Waals surface area (Å²) in [6.45, 7) is 3.86. The summed E-state index contributed by atoms with van der Waals surface area (Å²) in [7, 11) is -3.65. The van der Waals surface area contributed by atoms with Gasteiger partial charge in [0.1, 0.15) is 5.82 Å². The Kier molecular flexibility index (Phi) is 4.76. The van der Waals surface area contributed by atoms with E-state index < -0.39 is 10.0 Å². The third-order valence-corrected chi connectivity index (χ3v) is 4.46. The van der Waals surface area contributed by atoms with Crippen molar-refractivity contribution in [3.63, 3.8) is 0 Å². The number of sulfonamides is 1. The predicted octanol–water partition coefficient (Wildman–Crippen LogP) is 1.50. The van der Waals surface area contributed by atoms with E-state index in [1.807, 2.05) is 13.8 Å². The fourth-order valence-corrected chi connectivity index (χ4v) is 2.82. The van der Waals surface area contributed by atoms with Crippen LogP contribution in [0.15, 0.2) is 35.5 Å². The van der Waals surface area contributed by atoms with Crippen molar-refractivity contribution in [3.05, 3.63) is 47.4 Å². The van der Waals surface area contributed by atoms with Gasteiger partial charge in [-0.3, -0.25) is 0 Å². The van der Waals surface area contributed by atoms with Crippen molar-refractivity contribution in [2.45, 2.75) is 37.9 Å². The maximum Gasteiger partial charge on any atom is 0.257 e. The lowest BCUT2D eigenvalue weighted by atomic mass is 10.1. The molecule has 1 heterocycles. The molecular formula is C14H19N3O3S. The van der Waals surface area contributed by atoms with Crippen LogP contribution in [0.3, 0.4) is 0 Å². The zero-order valence-electron chi connectivity index (χ0n) is 12.0. The van der Waals surface area contributed by atoms with Crippen LogP contribution in [-0.4, -0.2) is 23.5 Å². The zero-order chi connectivity index (χ0) is 15.5. The molecule has 7 heteroatoms. The highest BCUT2D eigenvalue weighted by molar-refractivity contribution is 7.89. The van der Waals surface area contributed by atoms with Gasteiger partial charge in [-0.25, -0.2) is 18.1 Å². The minimum Gasteiger partial charge on any atom is -0.392 e. The molecule has 0 radical (unpaired) electrons. The van der Waals surface area contributed by atoms with Gasteiger partial charge in [-0.1, -0.05) is 38.1 Å². The third kappa shape index (κ3) is 3.69. The Bertz CT molecular complexity index is 708. The van der Waals surface area contributed by atoms with Gasteiger partial charge in [0.15, 0.2) is 5.03 Å². The molecule has 0 amide bonds. The van der Waals surface area contributed by atoms with Crippen LogP contribution >= 0.6 is 0 Å². The van der Waals surface area contributed by atoms with Crippen LogP contribution in [0.2, 0.25) is 0 Å². The molecule has 0 saturated heterocycles. The Hall–Kier alpha value is -1.70. The summed E-state index contributed by atoms with van der Waals surface area (Å²) < 4.78 is 26.9. The van der Waals surface area contributed by atoms with E-state index >= 15 is 0 Å². The second-order valence-corrected chi connectivity index (χ2v) is 6.77. The van der Waals surface area contributed by atoms with E-state index in [1.54, 1.807) is 24.3 Å². The number of aromatic nitrogens is 2. The molecule has 6 nitrogen and oxygen atoms in total. The molecule has 0 fully saturated rings. The maximum absolute atomic E-state index is 12.2. The fraction of sp³-hybridized carbons (Fsp3) is 0.357. The summed E-state index contributed by atoms with van der Waals surface area (Å²) in [5.41, 5.74) is 1.44. The number of hydrogen-bond donors (Lipinski definition) is 3. The van der Waals surface area contributed by atoms with Crippen molar-refractivity contribution in [2.24, 2.45) is 0 Å². The van der Waals surface area contributed by atoms with Gasteiger partial charge in [0.05, 0.1) is 12.8 Å². The van der Waals surface area contributed by atoms with Crippen molar-refractivity contribution >= 4 is 10.0 Å². The smallest absolute Gasteiger partial charge is 0.257 e. The summed E-state index contributed by atoms with van der Waals surface area (Å²) >= 11 is 0. The summed E-state index contributed by atoms with van der Waals surface area (Å²) in [4.78, 5) is 6.86. The molecule has 0 aliphatic heterocycles. The number of rotatable bonds is 6.